The Kier molecular flexibility index (Phi) is 3.67. The van der Waals surface area contributed by atoms with Crippen molar-refractivity contribution in [2.45, 2.75) is 51.2 Å². The summed E-state index contributed by atoms with van der Waals surface area (Å²) in [5.41, 5.74) is 2.97. The maximum atomic E-state index is 3.80. The normalized spacial score (nSPS) is 27.6. The lowest BCUT2D eigenvalue weighted by molar-refractivity contribution is 0.298. The first-order chi connectivity index (χ1) is 8.88. The summed E-state index contributed by atoms with van der Waals surface area (Å²) in [5, 5.41) is 3.80. The number of fused-ring (bicyclic) bond motifs is 1. The molecule has 0 radical (unpaired) electrons. The van der Waals surface area contributed by atoms with Gasteiger partial charge in [0.05, 0.1) is 0 Å². The topological polar surface area (TPSA) is 15.3 Å². The minimum absolute atomic E-state index is 0.720. The van der Waals surface area contributed by atoms with Crippen LogP contribution in [0.25, 0.3) is 0 Å². The number of hydrogen-bond donors (Lipinski definition) is 1. The highest BCUT2D eigenvalue weighted by Crippen LogP contribution is 2.28. The third kappa shape index (κ3) is 2.32. The molecule has 2 aliphatic rings. The molecule has 2 atom stereocenters. The molecule has 98 valence electrons. The van der Waals surface area contributed by atoms with Crippen LogP contribution in [0, 0.1) is 0 Å². The molecule has 2 nitrogen and oxygen atoms in total. The number of benzene rings is 1. The molecular formula is C16H24N2. The average Bonchev–Trinajstić information content (AvgIpc) is 3.00. The molecule has 2 heterocycles. The molecule has 2 fully saturated rings. The zero-order chi connectivity index (χ0) is 12.4. The standard InChI is InChI=1S/C16H24N2/c1-2-13-6-3-4-7-14(13)12-17-15-9-11-18-10-5-8-16(15)18/h3-4,6-7,15-17H,2,5,8-12H2,1H3. The Labute approximate surface area is 110 Å². The average molecular weight is 244 g/mol. The largest absolute Gasteiger partial charge is 0.308 e. The molecule has 0 amide bonds. The predicted molar refractivity (Wildman–Crippen MR) is 75.7 cm³/mol. The quantitative estimate of drug-likeness (QED) is 0.876. The molecular weight excluding hydrogens is 220 g/mol. The van der Waals surface area contributed by atoms with Gasteiger partial charge in [0.15, 0.2) is 0 Å². The van der Waals surface area contributed by atoms with Crippen LogP contribution in [0.2, 0.25) is 0 Å². The van der Waals surface area contributed by atoms with Crippen LogP contribution in [0.5, 0.6) is 0 Å². The Hall–Kier alpha value is -0.860. The van der Waals surface area contributed by atoms with Crippen molar-refractivity contribution in [1.29, 1.82) is 0 Å². The van der Waals surface area contributed by atoms with Crippen molar-refractivity contribution >= 4 is 0 Å². The van der Waals surface area contributed by atoms with E-state index in [9.17, 15) is 0 Å². The molecule has 2 heteroatoms. The fourth-order valence-corrected chi connectivity index (χ4v) is 3.64. The Morgan fingerprint density at radius 2 is 2.00 bits per heavy atom. The van der Waals surface area contributed by atoms with Gasteiger partial charge in [0.2, 0.25) is 0 Å². The minimum atomic E-state index is 0.720. The third-order valence-electron chi connectivity index (χ3n) is 4.66. The second kappa shape index (κ2) is 5.41. The van der Waals surface area contributed by atoms with Crippen LogP contribution in [0.1, 0.15) is 37.3 Å². The van der Waals surface area contributed by atoms with Gasteiger partial charge in [0, 0.05) is 25.2 Å². The van der Waals surface area contributed by atoms with Crippen molar-refractivity contribution < 1.29 is 0 Å². The maximum Gasteiger partial charge on any atom is 0.0250 e. The fraction of sp³-hybridized carbons (Fsp3) is 0.625. The van der Waals surface area contributed by atoms with Crippen LogP contribution in [0.15, 0.2) is 24.3 Å². The van der Waals surface area contributed by atoms with Gasteiger partial charge >= 0.3 is 0 Å². The van der Waals surface area contributed by atoms with Crippen LogP contribution >= 0.6 is 0 Å². The van der Waals surface area contributed by atoms with Crippen molar-refractivity contribution in [3.8, 4) is 0 Å². The maximum absolute atomic E-state index is 3.80. The van der Waals surface area contributed by atoms with Crippen molar-refractivity contribution in [3.05, 3.63) is 35.4 Å². The van der Waals surface area contributed by atoms with E-state index in [1.165, 1.54) is 43.5 Å². The Balaban J connectivity index is 1.61. The summed E-state index contributed by atoms with van der Waals surface area (Å²) < 4.78 is 0. The molecule has 2 aliphatic heterocycles. The zero-order valence-electron chi connectivity index (χ0n) is 11.4. The Bertz CT molecular complexity index is 402. The van der Waals surface area contributed by atoms with Crippen LogP contribution in [0.3, 0.4) is 0 Å². The molecule has 1 aromatic carbocycles. The lowest BCUT2D eigenvalue weighted by atomic mass is 10.0. The number of aryl methyl sites for hydroxylation is 1. The highest BCUT2D eigenvalue weighted by molar-refractivity contribution is 5.27. The number of nitrogens with one attached hydrogen (secondary N) is 1. The first-order valence-electron chi connectivity index (χ1n) is 7.42. The first-order valence-corrected chi connectivity index (χ1v) is 7.42. The highest BCUT2D eigenvalue weighted by Gasteiger charge is 2.36. The molecule has 0 bridgehead atoms. The van der Waals surface area contributed by atoms with Gasteiger partial charge in [-0.3, -0.25) is 4.90 Å². The Morgan fingerprint density at radius 1 is 1.17 bits per heavy atom. The second-order valence-corrected chi connectivity index (χ2v) is 5.64. The molecule has 0 aliphatic carbocycles. The van der Waals surface area contributed by atoms with E-state index < -0.39 is 0 Å². The number of nitrogens with zero attached hydrogens (tertiary/aromatic N) is 1. The fourth-order valence-electron chi connectivity index (χ4n) is 3.64. The van der Waals surface area contributed by atoms with Crippen LogP contribution in [0.4, 0.5) is 0 Å². The van der Waals surface area contributed by atoms with Gasteiger partial charge in [-0.05, 0) is 43.4 Å². The molecule has 2 unspecified atom stereocenters. The SMILES string of the molecule is CCc1ccccc1CNC1CCN2CCCC12. The summed E-state index contributed by atoms with van der Waals surface area (Å²) >= 11 is 0. The summed E-state index contributed by atoms with van der Waals surface area (Å²) in [6.07, 6.45) is 5.26. The van der Waals surface area contributed by atoms with Gasteiger partial charge in [0.1, 0.15) is 0 Å². The molecule has 2 saturated heterocycles. The smallest absolute Gasteiger partial charge is 0.0250 e. The third-order valence-corrected chi connectivity index (χ3v) is 4.66. The van der Waals surface area contributed by atoms with E-state index in [2.05, 4.69) is 41.4 Å². The van der Waals surface area contributed by atoms with Gasteiger partial charge in [-0.1, -0.05) is 31.2 Å². The first kappa shape index (κ1) is 12.2. The van der Waals surface area contributed by atoms with E-state index in [-0.39, 0.29) is 0 Å². The molecule has 0 spiro atoms. The number of hydrogen-bond acceptors (Lipinski definition) is 2. The molecule has 3 rings (SSSR count). The van der Waals surface area contributed by atoms with Crippen LogP contribution < -0.4 is 5.32 Å². The zero-order valence-corrected chi connectivity index (χ0v) is 11.4. The lowest BCUT2D eigenvalue weighted by Gasteiger charge is -2.22. The van der Waals surface area contributed by atoms with E-state index in [0.29, 0.717) is 0 Å². The van der Waals surface area contributed by atoms with E-state index >= 15 is 0 Å². The molecule has 0 saturated carbocycles. The van der Waals surface area contributed by atoms with E-state index in [1.54, 1.807) is 0 Å². The van der Waals surface area contributed by atoms with Gasteiger partial charge in [-0.2, -0.15) is 0 Å². The monoisotopic (exact) mass is 244 g/mol. The van der Waals surface area contributed by atoms with Crippen molar-refractivity contribution in [2.24, 2.45) is 0 Å². The molecule has 1 aromatic rings. The van der Waals surface area contributed by atoms with E-state index in [0.717, 1.165) is 25.0 Å². The van der Waals surface area contributed by atoms with E-state index in [1.807, 2.05) is 0 Å². The van der Waals surface area contributed by atoms with E-state index in [4.69, 9.17) is 0 Å². The molecule has 18 heavy (non-hydrogen) atoms. The predicted octanol–water partition coefficient (Wildman–Crippen LogP) is 2.58. The van der Waals surface area contributed by atoms with Gasteiger partial charge in [-0.15, -0.1) is 0 Å². The van der Waals surface area contributed by atoms with Gasteiger partial charge < -0.3 is 5.32 Å². The van der Waals surface area contributed by atoms with Gasteiger partial charge in [0.25, 0.3) is 0 Å². The summed E-state index contributed by atoms with van der Waals surface area (Å²) in [5.74, 6) is 0. The molecule has 1 N–H and O–H groups in total. The highest BCUT2D eigenvalue weighted by atomic mass is 15.2. The second-order valence-electron chi connectivity index (χ2n) is 5.64. The van der Waals surface area contributed by atoms with Crippen LogP contribution in [-0.2, 0) is 13.0 Å². The van der Waals surface area contributed by atoms with Gasteiger partial charge in [-0.25, -0.2) is 0 Å². The van der Waals surface area contributed by atoms with Crippen LogP contribution in [-0.4, -0.2) is 30.1 Å². The Morgan fingerprint density at radius 3 is 2.83 bits per heavy atom. The number of rotatable bonds is 4. The summed E-state index contributed by atoms with van der Waals surface area (Å²) in [6.45, 7) is 5.91. The van der Waals surface area contributed by atoms with Crippen molar-refractivity contribution in [3.63, 3.8) is 0 Å². The molecule has 0 aromatic heterocycles. The van der Waals surface area contributed by atoms with Crippen molar-refractivity contribution in [1.82, 2.24) is 10.2 Å². The minimum Gasteiger partial charge on any atom is -0.308 e. The summed E-state index contributed by atoms with van der Waals surface area (Å²) in [4.78, 5) is 2.67. The summed E-state index contributed by atoms with van der Waals surface area (Å²) in [7, 11) is 0. The lowest BCUT2D eigenvalue weighted by Crippen LogP contribution is -2.38. The summed E-state index contributed by atoms with van der Waals surface area (Å²) in [6, 6.07) is 10.4. The van der Waals surface area contributed by atoms with Crippen molar-refractivity contribution in [2.75, 3.05) is 13.1 Å².